The minimum atomic E-state index is -2.85. The molecule has 0 bridgehead atoms. The van der Waals surface area contributed by atoms with Crippen LogP contribution in [0.4, 0.5) is 0 Å². The highest BCUT2D eigenvalue weighted by atomic mass is 32.2. The molecule has 1 aromatic carbocycles. The van der Waals surface area contributed by atoms with E-state index in [2.05, 4.69) is 17.4 Å². The Hall–Kier alpha value is -1.07. The number of hydrogen-bond donors (Lipinski definition) is 1. The Kier molecular flexibility index (Phi) is 5.05. The topological polar surface area (TPSA) is 55.4 Å². The largest absolute Gasteiger partial charge is 0.497 e. The molecule has 1 aliphatic rings. The van der Waals surface area contributed by atoms with Crippen molar-refractivity contribution >= 4 is 9.84 Å². The van der Waals surface area contributed by atoms with Crippen molar-refractivity contribution in [2.45, 2.75) is 31.7 Å². The Morgan fingerprint density at radius 3 is 2.45 bits per heavy atom. The summed E-state index contributed by atoms with van der Waals surface area (Å²) in [5.74, 6) is 1.94. The predicted molar refractivity (Wildman–Crippen MR) is 81.1 cm³/mol. The van der Waals surface area contributed by atoms with Crippen molar-refractivity contribution in [1.82, 2.24) is 5.32 Å². The maximum Gasteiger partial charge on any atom is 0.151 e. The maximum absolute atomic E-state index is 11.4. The van der Waals surface area contributed by atoms with Crippen LogP contribution >= 0.6 is 0 Å². The molecule has 4 nitrogen and oxygen atoms in total. The monoisotopic (exact) mass is 297 g/mol. The Bertz CT molecular complexity index is 519. The molecule has 0 spiro atoms. The Morgan fingerprint density at radius 2 is 1.90 bits per heavy atom. The summed E-state index contributed by atoms with van der Waals surface area (Å²) in [5.41, 5.74) is 1.34. The van der Waals surface area contributed by atoms with Crippen molar-refractivity contribution < 1.29 is 13.2 Å². The van der Waals surface area contributed by atoms with E-state index >= 15 is 0 Å². The van der Waals surface area contributed by atoms with E-state index in [1.807, 2.05) is 12.1 Å². The van der Waals surface area contributed by atoms with Crippen LogP contribution in [-0.2, 0) is 9.84 Å². The van der Waals surface area contributed by atoms with Crippen LogP contribution in [0.1, 0.15) is 31.2 Å². The average molecular weight is 297 g/mol. The molecule has 1 fully saturated rings. The molecule has 0 unspecified atom stereocenters. The van der Waals surface area contributed by atoms with Gasteiger partial charge in [-0.1, -0.05) is 19.1 Å². The normalized spacial score (nSPS) is 22.3. The third-order valence-electron chi connectivity index (χ3n) is 4.01. The van der Waals surface area contributed by atoms with E-state index in [4.69, 9.17) is 4.74 Å². The van der Waals surface area contributed by atoms with Gasteiger partial charge in [-0.15, -0.1) is 0 Å². The minimum absolute atomic E-state index is 0.230. The molecule has 0 aromatic heterocycles. The number of ether oxygens (including phenoxy) is 1. The molecule has 20 heavy (non-hydrogen) atoms. The highest BCUT2D eigenvalue weighted by Crippen LogP contribution is 2.37. The minimum Gasteiger partial charge on any atom is -0.497 e. The van der Waals surface area contributed by atoms with Crippen molar-refractivity contribution in [1.29, 1.82) is 0 Å². The lowest BCUT2D eigenvalue weighted by molar-refractivity contribution is 0.296. The highest BCUT2D eigenvalue weighted by Gasteiger charge is 2.29. The molecule has 0 radical (unpaired) electrons. The van der Waals surface area contributed by atoms with Gasteiger partial charge in [0.15, 0.2) is 9.84 Å². The van der Waals surface area contributed by atoms with E-state index in [1.165, 1.54) is 5.56 Å². The first-order chi connectivity index (χ1) is 9.54. The van der Waals surface area contributed by atoms with Gasteiger partial charge in [0.1, 0.15) is 5.75 Å². The number of rotatable bonds is 7. The lowest BCUT2D eigenvalue weighted by Gasteiger charge is -2.36. The highest BCUT2D eigenvalue weighted by molar-refractivity contribution is 7.91. The van der Waals surface area contributed by atoms with E-state index < -0.39 is 9.84 Å². The number of benzene rings is 1. The molecular weight excluding hydrogens is 274 g/mol. The van der Waals surface area contributed by atoms with Gasteiger partial charge in [0.05, 0.1) is 12.9 Å². The van der Waals surface area contributed by atoms with E-state index in [-0.39, 0.29) is 11.5 Å². The van der Waals surface area contributed by atoms with Gasteiger partial charge in [-0.2, -0.15) is 0 Å². The van der Waals surface area contributed by atoms with Gasteiger partial charge < -0.3 is 10.1 Å². The predicted octanol–water partition coefficient (Wildman–Crippen LogP) is 1.97. The average Bonchev–Trinajstić information content (AvgIpc) is 2.41. The van der Waals surface area contributed by atoms with Crippen molar-refractivity contribution in [3.8, 4) is 5.75 Å². The van der Waals surface area contributed by atoms with Gasteiger partial charge in [0.25, 0.3) is 0 Å². The quantitative estimate of drug-likeness (QED) is 0.836. The second-order valence-electron chi connectivity index (χ2n) is 5.33. The standard InChI is InChI=1S/C15H23NO3S/c1-3-20(17,18)9-8-16-14-10-13(11-14)12-4-6-15(19-2)7-5-12/h4-7,13-14,16H,3,8-11H2,1-2H3. The molecule has 0 saturated heterocycles. The maximum atomic E-state index is 11.4. The first-order valence-corrected chi connectivity index (χ1v) is 8.94. The molecule has 1 aliphatic carbocycles. The molecule has 1 saturated carbocycles. The first-order valence-electron chi connectivity index (χ1n) is 7.12. The van der Waals surface area contributed by atoms with Crippen LogP contribution < -0.4 is 10.1 Å². The van der Waals surface area contributed by atoms with Crippen LogP contribution in [0, 0.1) is 0 Å². The molecule has 0 atom stereocenters. The fourth-order valence-electron chi connectivity index (χ4n) is 2.50. The van der Waals surface area contributed by atoms with Crippen LogP contribution in [0.15, 0.2) is 24.3 Å². The molecule has 5 heteroatoms. The van der Waals surface area contributed by atoms with Crippen LogP contribution in [0.2, 0.25) is 0 Å². The summed E-state index contributed by atoms with van der Waals surface area (Å²) >= 11 is 0. The van der Waals surface area contributed by atoms with Crippen molar-refractivity contribution in [2.75, 3.05) is 25.2 Å². The van der Waals surface area contributed by atoms with Crippen LogP contribution in [-0.4, -0.2) is 39.6 Å². The summed E-state index contributed by atoms with van der Waals surface area (Å²) in [6.07, 6.45) is 2.16. The SMILES string of the molecule is CCS(=O)(=O)CCNC1CC(c2ccc(OC)cc2)C1. The Balaban J connectivity index is 1.71. The van der Waals surface area contributed by atoms with Gasteiger partial charge in [-0.05, 0) is 36.5 Å². The fraction of sp³-hybridized carbons (Fsp3) is 0.600. The molecule has 0 aliphatic heterocycles. The molecule has 112 valence electrons. The Labute approximate surface area is 121 Å². The van der Waals surface area contributed by atoms with E-state index in [0.717, 1.165) is 18.6 Å². The number of hydrogen-bond acceptors (Lipinski definition) is 4. The summed E-state index contributed by atoms with van der Waals surface area (Å²) < 4.78 is 27.9. The van der Waals surface area contributed by atoms with E-state index in [9.17, 15) is 8.42 Å². The summed E-state index contributed by atoms with van der Waals surface area (Å²) in [6, 6.07) is 8.66. The van der Waals surface area contributed by atoms with Gasteiger partial charge in [0.2, 0.25) is 0 Å². The lowest BCUT2D eigenvalue weighted by Crippen LogP contribution is -2.42. The fourth-order valence-corrected chi connectivity index (χ4v) is 3.21. The van der Waals surface area contributed by atoms with Crippen molar-refractivity contribution in [3.05, 3.63) is 29.8 Å². The number of sulfone groups is 1. The van der Waals surface area contributed by atoms with E-state index in [1.54, 1.807) is 14.0 Å². The molecule has 0 heterocycles. The summed E-state index contributed by atoms with van der Waals surface area (Å²) in [6.45, 7) is 2.26. The molecule has 1 N–H and O–H groups in total. The summed E-state index contributed by atoms with van der Waals surface area (Å²) in [5, 5.41) is 3.33. The van der Waals surface area contributed by atoms with Crippen LogP contribution in [0.25, 0.3) is 0 Å². The van der Waals surface area contributed by atoms with Gasteiger partial charge in [0, 0.05) is 18.3 Å². The van der Waals surface area contributed by atoms with Crippen LogP contribution in [0.5, 0.6) is 5.75 Å². The van der Waals surface area contributed by atoms with Crippen molar-refractivity contribution in [3.63, 3.8) is 0 Å². The number of nitrogens with one attached hydrogen (secondary N) is 1. The molecule has 2 rings (SSSR count). The summed E-state index contributed by atoms with van der Waals surface area (Å²) in [7, 11) is -1.18. The molecule has 0 amide bonds. The molecular formula is C15H23NO3S. The second-order valence-corrected chi connectivity index (χ2v) is 7.80. The van der Waals surface area contributed by atoms with E-state index in [0.29, 0.717) is 18.5 Å². The zero-order valence-corrected chi connectivity index (χ0v) is 12.9. The van der Waals surface area contributed by atoms with Crippen molar-refractivity contribution in [2.24, 2.45) is 0 Å². The third-order valence-corrected chi connectivity index (χ3v) is 5.72. The lowest BCUT2D eigenvalue weighted by atomic mass is 9.76. The Morgan fingerprint density at radius 1 is 1.25 bits per heavy atom. The van der Waals surface area contributed by atoms with Crippen LogP contribution in [0.3, 0.4) is 0 Å². The number of methoxy groups -OCH3 is 1. The van der Waals surface area contributed by atoms with Gasteiger partial charge in [-0.25, -0.2) is 8.42 Å². The first kappa shape index (κ1) is 15.3. The smallest absolute Gasteiger partial charge is 0.151 e. The second kappa shape index (κ2) is 6.59. The zero-order chi connectivity index (χ0) is 14.6. The molecule has 1 aromatic rings. The summed E-state index contributed by atoms with van der Waals surface area (Å²) in [4.78, 5) is 0. The van der Waals surface area contributed by atoms with Gasteiger partial charge >= 0.3 is 0 Å². The van der Waals surface area contributed by atoms with Gasteiger partial charge in [-0.3, -0.25) is 0 Å². The zero-order valence-electron chi connectivity index (χ0n) is 12.1. The third kappa shape index (κ3) is 3.96.